The molecule has 0 saturated carbocycles. The maximum atomic E-state index is 5.82. The molecule has 0 fully saturated rings. The van der Waals surface area contributed by atoms with Crippen molar-refractivity contribution >= 4 is 17.5 Å². The van der Waals surface area contributed by atoms with Crippen LogP contribution < -0.4 is 4.90 Å². The smallest absolute Gasteiger partial charge is 0.256 e. The van der Waals surface area contributed by atoms with Crippen LogP contribution in [0.3, 0.4) is 0 Å². The third-order valence-electron chi connectivity index (χ3n) is 1.90. The van der Waals surface area contributed by atoms with E-state index >= 15 is 0 Å². The largest absolute Gasteiger partial charge is 0.347 e. The van der Waals surface area contributed by atoms with Crippen LogP contribution in [0.2, 0.25) is 5.28 Å². The SMILES string of the molecule is Cc1cnn(-c2nc(Cl)nc(N(C)C)n2)c1. The Balaban J connectivity index is 2.49. The molecule has 0 saturated heterocycles. The molecule has 0 spiro atoms. The molecule has 6 nitrogen and oxygen atoms in total. The first-order chi connectivity index (χ1) is 7.56. The van der Waals surface area contributed by atoms with Gasteiger partial charge < -0.3 is 4.90 Å². The number of nitrogens with zero attached hydrogens (tertiary/aromatic N) is 6. The summed E-state index contributed by atoms with van der Waals surface area (Å²) in [5.74, 6) is 0.917. The van der Waals surface area contributed by atoms with E-state index in [1.165, 1.54) is 0 Å². The molecular weight excluding hydrogens is 228 g/mol. The minimum Gasteiger partial charge on any atom is -0.347 e. The first kappa shape index (κ1) is 10.8. The molecule has 0 amide bonds. The Morgan fingerprint density at radius 1 is 1.25 bits per heavy atom. The van der Waals surface area contributed by atoms with Crippen LogP contribution in [0.5, 0.6) is 0 Å². The second-order valence-electron chi connectivity index (χ2n) is 3.56. The number of rotatable bonds is 2. The minimum absolute atomic E-state index is 0.154. The summed E-state index contributed by atoms with van der Waals surface area (Å²) in [6.45, 7) is 1.94. The van der Waals surface area contributed by atoms with Crippen molar-refractivity contribution in [3.8, 4) is 5.95 Å². The van der Waals surface area contributed by atoms with Crippen molar-refractivity contribution in [2.24, 2.45) is 0 Å². The van der Waals surface area contributed by atoms with Crippen LogP contribution >= 0.6 is 11.6 Å². The summed E-state index contributed by atoms with van der Waals surface area (Å²) >= 11 is 5.82. The lowest BCUT2D eigenvalue weighted by atomic mass is 10.4. The van der Waals surface area contributed by atoms with Crippen molar-refractivity contribution in [2.45, 2.75) is 6.92 Å². The molecule has 2 heterocycles. The monoisotopic (exact) mass is 238 g/mol. The molecule has 0 radical (unpaired) electrons. The topological polar surface area (TPSA) is 59.7 Å². The van der Waals surface area contributed by atoms with Gasteiger partial charge in [-0.3, -0.25) is 0 Å². The van der Waals surface area contributed by atoms with Gasteiger partial charge in [-0.1, -0.05) is 0 Å². The van der Waals surface area contributed by atoms with E-state index in [1.807, 2.05) is 27.2 Å². The Kier molecular flexibility index (Phi) is 2.74. The van der Waals surface area contributed by atoms with Gasteiger partial charge in [-0.2, -0.15) is 20.1 Å². The van der Waals surface area contributed by atoms with E-state index in [0.29, 0.717) is 11.9 Å². The van der Waals surface area contributed by atoms with Crippen molar-refractivity contribution in [1.29, 1.82) is 0 Å². The number of aromatic nitrogens is 5. The van der Waals surface area contributed by atoms with E-state index < -0.39 is 0 Å². The average molecular weight is 239 g/mol. The fourth-order valence-electron chi connectivity index (χ4n) is 1.15. The van der Waals surface area contributed by atoms with Gasteiger partial charge in [0.05, 0.1) is 6.20 Å². The molecule has 0 bridgehead atoms. The van der Waals surface area contributed by atoms with Gasteiger partial charge in [-0.25, -0.2) is 4.68 Å². The highest BCUT2D eigenvalue weighted by atomic mass is 35.5. The molecule has 16 heavy (non-hydrogen) atoms. The molecule has 0 aliphatic heterocycles. The minimum atomic E-state index is 0.154. The van der Waals surface area contributed by atoms with Crippen LogP contribution in [0.4, 0.5) is 5.95 Å². The van der Waals surface area contributed by atoms with E-state index in [9.17, 15) is 0 Å². The van der Waals surface area contributed by atoms with Gasteiger partial charge in [0.2, 0.25) is 11.2 Å². The van der Waals surface area contributed by atoms with Crippen molar-refractivity contribution in [2.75, 3.05) is 19.0 Å². The third-order valence-corrected chi connectivity index (χ3v) is 2.07. The summed E-state index contributed by atoms with van der Waals surface area (Å²) in [4.78, 5) is 14.0. The molecule has 0 aromatic carbocycles. The van der Waals surface area contributed by atoms with Gasteiger partial charge in [0.25, 0.3) is 5.95 Å². The Morgan fingerprint density at radius 2 is 2.00 bits per heavy atom. The van der Waals surface area contributed by atoms with Crippen LogP contribution in [0.25, 0.3) is 5.95 Å². The van der Waals surface area contributed by atoms with Gasteiger partial charge in [0.1, 0.15) is 0 Å². The number of aryl methyl sites for hydroxylation is 1. The highest BCUT2D eigenvalue weighted by Crippen LogP contribution is 2.11. The predicted molar refractivity (Wildman–Crippen MR) is 61.0 cm³/mol. The first-order valence-electron chi connectivity index (χ1n) is 4.67. The quantitative estimate of drug-likeness (QED) is 0.784. The van der Waals surface area contributed by atoms with Crippen LogP contribution in [-0.2, 0) is 0 Å². The molecule has 0 aliphatic rings. The average Bonchev–Trinajstić information content (AvgIpc) is 2.64. The fraction of sp³-hybridized carbons (Fsp3) is 0.333. The first-order valence-corrected chi connectivity index (χ1v) is 5.04. The second-order valence-corrected chi connectivity index (χ2v) is 3.90. The Morgan fingerprint density at radius 3 is 2.56 bits per heavy atom. The molecule has 0 unspecified atom stereocenters. The zero-order valence-electron chi connectivity index (χ0n) is 9.22. The lowest BCUT2D eigenvalue weighted by molar-refractivity contribution is 0.787. The Bertz CT molecular complexity index is 506. The van der Waals surface area contributed by atoms with Crippen LogP contribution in [-0.4, -0.2) is 38.8 Å². The summed E-state index contributed by atoms with van der Waals surface area (Å²) in [6, 6.07) is 0. The van der Waals surface area contributed by atoms with Crippen molar-refractivity contribution in [3.63, 3.8) is 0 Å². The fourth-order valence-corrected chi connectivity index (χ4v) is 1.31. The molecule has 0 atom stereocenters. The highest BCUT2D eigenvalue weighted by Gasteiger charge is 2.08. The summed E-state index contributed by atoms with van der Waals surface area (Å²) in [6.07, 6.45) is 3.55. The summed E-state index contributed by atoms with van der Waals surface area (Å²) < 4.78 is 1.57. The van der Waals surface area contributed by atoms with Crippen molar-refractivity contribution in [1.82, 2.24) is 24.7 Å². The van der Waals surface area contributed by atoms with Crippen molar-refractivity contribution in [3.05, 3.63) is 23.2 Å². The molecular formula is C9H11ClN6. The normalized spacial score (nSPS) is 10.5. The second kappa shape index (κ2) is 4.05. The third kappa shape index (κ3) is 2.11. The summed E-state index contributed by atoms with van der Waals surface area (Å²) in [5, 5.41) is 4.27. The van der Waals surface area contributed by atoms with Crippen LogP contribution in [0.1, 0.15) is 5.56 Å². The standard InChI is InChI=1S/C9H11ClN6/c1-6-4-11-16(5-6)9-13-7(10)12-8(14-9)15(2)3/h4-5H,1-3H3. The number of hydrogen-bond acceptors (Lipinski definition) is 5. The van der Waals surface area contributed by atoms with Gasteiger partial charge in [-0.05, 0) is 24.1 Å². The van der Waals surface area contributed by atoms with E-state index in [1.54, 1.807) is 15.8 Å². The maximum absolute atomic E-state index is 5.82. The molecule has 7 heteroatoms. The van der Waals surface area contributed by atoms with Gasteiger partial charge in [-0.15, -0.1) is 0 Å². The number of halogens is 1. The van der Waals surface area contributed by atoms with Gasteiger partial charge in [0.15, 0.2) is 0 Å². The number of anilines is 1. The molecule has 84 valence electrons. The van der Waals surface area contributed by atoms with E-state index in [0.717, 1.165) is 5.56 Å². The van der Waals surface area contributed by atoms with Crippen molar-refractivity contribution < 1.29 is 0 Å². The molecule has 2 rings (SSSR count). The number of hydrogen-bond donors (Lipinski definition) is 0. The van der Waals surface area contributed by atoms with E-state index in [-0.39, 0.29) is 5.28 Å². The molecule has 0 N–H and O–H groups in total. The molecule has 2 aromatic rings. The van der Waals surface area contributed by atoms with E-state index in [4.69, 9.17) is 11.6 Å². The van der Waals surface area contributed by atoms with Crippen LogP contribution in [0, 0.1) is 6.92 Å². The lowest BCUT2D eigenvalue weighted by Crippen LogP contribution is -2.15. The summed E-state index contributed by atoms with van der Waals surface area (Å²) in [7, 11) is 3.67. The Hall–Kier alpha value is -1.69. The Labute approximate surface area is 97.9 Å². The van der Waals surface area contributed by atoms with Gasteiger partial charge >= 0.3 is 0 Å². The van der Waals surface area contributed by atoms with Crippen LogP contribution in [0.15, 0.2) is 12.4 Å². The molecule has 0 aliphatic carbocycles. The zero-order valence-corrected chi connectivity index (χ0v) is 9.97. The zero-order chi connectivity index (χ0) is 11.7. The van der Waals surface area contributed by atoms with Gasteiger partial charge in [0, 0.05) is 20.3 Å². The predicted octanol–water partition coefficient (Wildman–Crippen LogP) is 1.09. The molecule has 2 aromatic heterocycles. The lowest BCUT2D eigenvalue weighted by Gasteiger charge is -2.10. The summed E-state index contributed by atoms with van der Waals surface area (Å²) in [5.41, 5.74) is 1.03. The van der Waals surface area contributed by atoms with E-state index in [2.05, 4.69) is 20.1 Å². The maximum Gasteiger partial charge on any atom is 0.256 e. The highest BCUT2D eigenvalue weighted by molar-refractivity contribution is 6.28.